The molecule has 0 bridgehead atoms. The number of nitrogens with zero attached hydrogens (tertiary/aromatic N) is 1. The number of carbonyl (C=O) groups is 1. The molecule has 0 aliphatic carbocycles. The van der Waals surface area contributed by atoms with Crippen LogP contribution in [0.15, 0.2) is 18.2 Å². The Morgan fingerprint density at radius 2 is 2.32 bits per heavy atom. The number of para-hydroxylation sites is 1. The van der Waals surface area contributed by atoms with Crippen molar-refractivity contribution < 1.29 is 14.3 Å². The summed E-state index contributed by atoms with van der Waals surface area (Å²) in [7, 11) is 0. The fourth-order valence-corrected chi connectivity index (χ4v) is 2.56. The molecule has 0 aromatic heterocycles. The van der Waals surface area contributed by atoms with Crippen molar-refractivity contribution in [3.8, 4) is 0 Å². The zero-order chi connectivity index (χ0) is 13.8. The van der Waals surface area contributed by atoms with E-state index in [4.69, 9.17) is 10.8 Å². The van der Waals surface area contributed by atoms with Gasteiger partial charge in [0.05, 0.1) is 11.3 Å². The van der Waals surface area contributed by atoms with Gasteiger partial charge in [0.25, 0.3) is 5.91 Å². The highest BCUT2D eigenvalue weighted by atomic mass is 19.1. The van der Waals surface area contributed by atoms with Gasteiger partial charge in [-0.3, -0.25) is 4.79 Å². The molecule has 1 aromatic carbocycles. The van der Waals surface area contributed by atoms with Gasteiger partial charge in [0, 0.05) is 19.7 Å². The maximum Gasteiger partial charge on any atom is 0.256 e. The molecule has 0 radical (unpaired) electrons. The molecule has 5 heteroatoms. The third kappa shape index (κ3) is 3.04. The first-order valence-electron chi connectivity index (χ1n) is 6.57. The lowest BCUT2D eigenvalue weighted by Gasteiger charge is -2.32. The van der Waals surface area contributed by atoms with Crippen LogP contribution in [0.4, 0.5) is 10.1 Å². The van der Waals surface area contributed by atoms with E-state index in [0.29, 0.717) is 25.4 Å². The van der Waals surface area contributed by atoms with Gasteiger partial charge < -0.3 is 15.7 Å². The van der Waals surface area contributed by atoms with E-state index in [2.05, 4.69) is 0 Å². The molecule has 2 rings (SSSR count). The highest BCUT2D eigenvalue weighted by Gasteiger charge is 2.25. The first-order valence-corrected chi connectivity index (χ1v) is 6.57. The van der Waals surface area contributed by atoms with Crippen LogP contribution in [0.3, 0.4) is 0 Å². The number of piperidine rings is 1. The van der Waals surface area contributed by atoms with Crippen LogP contribution in [-0.2, 0) is 0 Å². The summed E-state index contributed by atoms with van der Waals surface area (Å²) in [5.41, 5.74) is 5.76. The number of hydrogen-bond donors (Lipinski definition) is 2. The predicted molar refractivity (Wildman–Crippen MR) is 71.1 cm³/mol. The lowest BCUT2D eigenvalue weighted by Crippen LogP contribution is -2.40. The molecule has 1 heterocycles. The van der Waals surface area contributed by atoms with E-state index in [0.717, 1.165) is 12.8 Å². The van der Waals surface area contributed by atoms with E-state index in [-0.39, 0.29) is 23.8 Å². The third-order valence-electron chi connectivity index (χ3n) is 3.63. The van der Waals surface area contributed by atoms with E-state index >= 15 is 0 Å². The second-order valence-corrected chi connectivity index (χ2v) is 4.97. The Morgan fingerprint density at radius 3 is 3.05 bits per heavy atom. The number of nitrogen functional groups attached to an aromatic ring is 1. The molecule has 4 nitrogen and oxygen atoms in total. The molecule has 104 valence electrons. The number of benzene rings is 1. The molecule has 1 atom stereocenters. The van der Waals surface area contributed by atoms with Crippen molar-refractivity contribution in [3.05, 3.63) is 29.6 Å². The summed E-state index contributed by atoms with van der Waals surface area (Å²) in [6, 6.07) is 4.29. The van der Waals surface area contributed by atoms with Crippen LogP contribution in [-0.4, -0.2) is 35.6 Å². The second-order valence-electron chi connectivity index (χ2n) is 4.97. The summed E-state index contributed by atoms with van der Waals surface area (Å²) in [5, 5.41) is 8.97. The minimum absolute atomic E-state index is 0.0863. The smallest absolute Gasteiger partial charge is 0.256 e. The number of aliphatic hydroxyl groups is 1. The molecular formula is C14H19FN2O2. The molecule has 1 aliphatic rings. The monoisotopic (exact) mass is 266 g/mol. The average Bonchev–Trinajstić information content (AvgIpc) is 2.42. The van der Waals surface area contributed by atoms with E-state index in [1.807, 2.05) is 0 Å². The minimum atomic E-state index is -0.560. The Labute approximate surface area is 112 Å². The van der Waals surface area contributed by atoms with Gasteiger partial charge in [-0.25, -0.2) is 4.39 Å². The Bertz CT molecular complexity index is 463. The number of rotatable bonds is 3. The zero-order valence-corrected chi connectivity index (χ0v) is 10.8. The van der Waals surface area contributed by atoms with Gasteiger partial charge in [0.2, 0.25) is 0 Å². The number of nitrogens with two attached hydrogens (primary N) is 1. The minimum Gasteiger partial charge on any atom is -0.396 e. The molecule has 0 saturated carbocycles. The Morgan fingerprint density at radius 1 is 1.53 bits per heavy atom. The third-order valence-corrected chi connectivity index (χ3v) is 3.63. The van der Waals surface area contributed by atoms with Crippen molar-refractivity contribution in [3.63, 3.8) is 0 Å². The van der Waals surface area contributed by atoms with E-state index < -0.39 is 5.82 Å². The molecule has 1 amide bonds. The maximum absolute atomic E-state index is 13.4. The number of anilines is 1. The molecule has 1 aliphatic heterocycles. The van der Waals surface area contributed by atoms with Crippen molar-refractivity contribution in [1.29, 1.82) is 0 Å². The average molecular weight is 266 g/mol. The van der Waals surface area contributed by atoms with E-state index in [1.54, 1.807) is 11.0 Å². The first kappa shape index (κ1) is 13.8. The van der Waals surface area contributed by atoms with Gasteiger partial charge in [-0.2, -0.15) is 0 Å². The van der Waals surface area contributed by atoms with Crippen LogP contribution in [0.5, 0.6) is 0 Å². The summed E-state index contributed by atoms with van der Waals surface area (Å²) in [6.07, 6.45) is 2.62. The number of halogens is 1. The van der Waals surface area contributed by atoms with Crippen molar-refractivity contribution in [2.75, 3.05) is 25.4 Å². The van der Waals surface area contributed by atoms with Gasteiger partial charge in [-0.15, -0.1) is 0 Å². The lowest BCUT2D eigenvalue weighted by atomic mass is 9.94. The number of hydrogen-bond acceptors (Lipinski definition) is 3. The largest absolute Gasteiger partial charge is 0.396 e. The van der Waals surface area contributed by atoms with Crippen molar-refractivity contribution in [2.24, 2.45) is 5.92 Å². The topological polar surface area (TPSA) is 66.6 Å². The normalized spacial score (nSPS) is 19.5. The van der Waals surface area contributed by atoms with Crippen LogP contribution in [0.1, 0.15) is 29.6 Å². The van der Waals surface area contributed by atoms with E-state index in [1.165, 1.54) is 12.1 Å². The van der Waals surface area contributed by atoms with Gasteiger partial charge in [0.1, 0.15) is 5.82 Å². The fourth-order valence-electron chi connectivity index (χ4n) is 2.56. The molecule has 19 heavy (non-hydrogen) atoms. The zero-order valence-electron chi connectivity index (χ0n) is 10.8. The number of aliphatic hydroxyl groups excluding tert-OH is 1. The van der Waals surface area contributed by atoms with Crippen molar-refractivity contribution >= 4 is 11.6 Å². The SMILES string of the molecule is Nc1c(F)cccc1C(=O)N1CCCC(CCO)C1. The maximum atomic E-state index is 13.4. The molecule has 0 spiro atoms. The number of amides is 1. The fraction of sp³-hybridized carbons (Fsp3) is 0.500. The Kier molecular flexibility index (Phi) is 4.37. The van der Waals surface area contributed by atoms with Crippen molar-refractivity contribution in [2.45, 2.75) is 19.3 Å². The summed E-state index contributed by atoms with van der Waals surface area (Å²) in [5.74, 6) is -0.466. The molecule has 1 aromatic rings. The molecule has 1 fully saturated rings. The van der Waals surface area contributed by atoms with Gasteiger partial charge in [-0.1, -0.05) is 6.07 Å². The summed E-state index contributed by atoms with van der Waals surface area (Å²) >= 11 is 0. The second kappa shape index (κ2) is 6.02. The predicted octanol–water partition coefficient (Wildman–Crippen LogP) is 1.64. The first-order chi connectivity index (χ1) is 9.13. The van der Waals surface area contributed by atoms with Crippen molar-refractivity contribution in [1.82, 2.24) is 4.90 Å². The summed E-state index contributed by atoms with van der Waals surface area (Å²) in [6.45, 7) is 1.40. The standard InChI is InChI=1S/C14H19FN2O2/c15-12-5-1-4-11(13(12)16)14(19)17-7-2-3-10(9-17)6-8-18/h1,4-5,10,18H,2-3,6-9,16H2. The highest BCUT2D eigenvalue weighted by molar-refractivity contribution is 5.99. The molecular weight excluding hydrogens is 247 g/mol. The number of likely N-dealkylation sites (tertiary alicyclic amines) is 1. The van der Waals surface area contributed by atoms with Crippen LogP contribution >= 0.6 is 0 Å². The van der Waals surface area contributed by atoms with Crippen LogP contribution in [0.2, 0.25) is 0 Å². The van der Waals surface area contributed by atoms with E-state index in [9.17, 15) is 9.18 Å². The Hall–Kier alpha value is -1.62. The molecule has 1 unspecified atom stereocenters. The van der Waals surface area contributed by atoms with Gasteiger partial charge in [0.15, 0.2) is 0 Å². The summed E-state index contributed by atoms with van der Waals surface area (Å²) in [4.78, 5) is 14.0. The quantitative estimate of drug-likeness (QED) is 0.817. The highest BCUT2D eigenvalue weighted by Crippen LogP contribution is 2.23. The van der Waals surface area contributed by atoms with Crippen LogP contribution in [0, 0.1) is 11.7 Å². The molecule has 1 saturated heterocycles. The molecule has 3 N–H and O–H groups in total. The number of carbonyl (C=O) groups excluding carboxylic acids is 1. The van der Waals surface area contributed by atoms with Crippen LogP contribution < -0.4 is 5.73 Å². The van der Waals surface area contributed by atoms with Gasteiger partial charge in [-0.05, 0) is 37.3 Å². The van der Waals surface area contributed by atoms with Crippen LogP contribution in [0.25, 0.3) is 0 Å². The lowest BCUT2D eigenvalue weighted by molar-refractivity contribution is 0.0654. The van der Waals surface area contributed by atoms with Gasteiger partial charge >= 0.3 is 0 Å². The Balaban J connectivity index is 2.12. The summed E-state index contributed by atoms with van der Waals surface area (Å²) < 4.78 is 13.4.